The molecule has 0 aromatic carbocycles. The number of hydrogen-bond donors (Lipinski definition) is 0. The molecule has 13 heavy (non-hydrogen) atoms. The van der Waals surface area contributed by atoms with E-state index in [1.807, 2.05) is 11.3 Å². The summed E-state index contributed by atoms with van der Waals surface area (Å²) in [6.07, 6.45) is 3.98. The minimum atomic E-state index is 0.526. The van der Waals surface area contributed by atoms with Crippen LogP contribution in [-0.2, 0) is 12.8 Å². The highest BCUT2D eigenvalue weighted by Gasteiger charge is 2.18. The van der Waals surface area contributed by atoms with E-state index in [-0.39, 0.29) is 0 Å². The molecule has 2 unspecified atom stereocenters. The van der Waals surface area contributed by atoms with E-state index in [1.54, 1.807) is 10.4 Å². The van der Waals surface area contributed by atoms with Gasteiger partial charge in [0.15, 0.2) is 0 Å². The second-order valence-electron chi connectivity index (χ2n) is 4.06. The number of aryl methyl sites for hydroxylation is 1. The summed E-state index contributed by atoms with van der Waals surface area (Å²) in [6, 6.07) is 2.40. The van der Waals surface area contributed by atoms with E-state index in [2.05, 4.69) is 35.8 Å². The van der Waals surface area contributed by atoms with Crippen LogP contribution in [0.1, 0.15) is 40.4 Å². The van der Waals surface area contributed by atoms with E-state index in [0.29, 0.717) is 4.83 Å². The molecule has 1 aromatic rings. The molecule has 0 bridgehead atoms. The molecule has 1 aliphatic rings. The normalized spacial score (nSPS) is 24.1. The Morgan fingerprint density at radius 1 is 1.62 bits per heavy atom. The van der Waals surface area contributed by atoms with Crippen LogP contribution in [0.3, 0.4) is 0 Å². The first-order valence-electron chi connectivity index (χ1n) is 4.92. The van der Waals surface area contributed by atoms with Gasteiger partial charge < -0.3 is 0 Å². The van der Waals surface area contributed by atoms with Gasteiger partial charge in [0.25, 0.3) is 0 Å². The van der Waals surface area contributed by atoms with Crippen LogP contribution in [0.5, 0.6) is 0 Å². The number of fused-ring (bicyclic) bond motifs is 1. The fourth-order valence-electron chi connectivity index (χ4n) is 1.92. The van der Waals surface area contributed by atoms with Gasteiger partial charge in [-0.05, 0) is 43.7 Å². The van der Waals surface area contributed by atoms with Gasteiger partial charge in [-0.3, -0.25) is 0 Å². The van der Waals surface area contributed by atoms with Crippen molar-refractivity contribution < 1.29 is 0 Å². The molecule has 0 fully saturated rings. The molecule has 0 saturated carbocycles. The second-order valence-corrected chi connectivity index (χ2v) is 6.60. The Balaban J connectivity index is 2.28. The van der Waals surface area contributed by atoms with Gasteiger partial charge in [0.1, 0.15) is 0 Å². The molecule has 0 N–H and O–H groups in total. The van der Waals surface area contributed by atoms with Crippen LogP contribution in [0.25, 0.3) is 0 Å². The Labute approximate surface area is 92.5 Å². The minimum Gasteiger partial charge on any atom is -0.144 e. The largest absolute Gasteiger partial charge is 0.144 e. The standard InChI is InChI=1S/C11H15BrS/c1-7-3-4-10-9(5-7)6-11(13-10)8(2)12/h6-8H,3-5H2,1-2H3. The summed E-state index contributed by atoms with van der Waals surface area (Å²) in [5.74, 6) is 0.889. The van der Waals surface area contributed by atoms with E-state index in [4.69, 9.17) is 0 Å². The Hall–Kier alpha value is 0.180. The zero-order chi connectivity index (χ0) is 9.42. The van der Waals surface area contributed by atoms with Gasteiger partial charge in [0.2, 0.25) is 0 Å². The van der Waals surface area contributed by atoms with Gasteiger partial charge in [-0.15, -0.1) is 11.3 Å². The summed E-state index contributed by atoms with van der Waals surface area (Å²) in [6.45, 7) is 4.57. The van der Waals surface area contributed by atoms with Gasteiger partial charge in [0, 0.05) is 14.6 Å². The Kier molecular flexibility index (Phi) is 2.80. The summed E-state index contributed by atoms with van der Waals surface area (Å²) in [7, 11) is 0. The molecule has 0 spiro atoms. The van der Waals surface area contributed by atoms with Crippen molar-refractivity contribution in [1.82, 2.24) is 0 Å². The van der Waals surface area contributed by atoms with Crippen molar-refractivity contribution in [3.8, 4) is 0 Å². The lowest BCUT2D eigenvalue weighted by Crippen LogP contribution is -2.08. The quantitative estimate of drug-likeness (QED) is 0.658. The number of rotatable bonds is 1. The van der Waals surface area contributed by atoms with Crippen molar-refractivity contribution in [3.05, 3.63) is 21.4 Å². The molecule has 0 radical (unpaired) electrons. The molecule has 72 valence electrons. The third-order valence-electron chi connectivity index (χ3n) is 2.74. The number of hydrogen-bond acceptors (Lipinski definition) is 1. The van der Waals surface area contributed by atoms with E-state index in [1.165, 1.54) is 24.1 Å². The van der Waals surface area contributed by atoms with Crippen LogP contribution in [-0.4, -0.2) is 0 Å². The molecular weight excluding hydrogens is 244 g/mol. The average molecular weight is 259 g/mol. The molecule has 2 atom stereocenters. The summed E-state index contributed by atoms with van der Waals surface area (Å²) < 4.78 is 0. The monoisotopic (exact) mass is 258 g/mol. The highest BCUT2D eigenvalue weighted by molar-refractivity contribution is 9.09. The molecular formula is C11H15BrS. The number of alkyl halides is 1. The van der Waals surface area contributed by atoms with Crippen molar-refractivity contribution in [2.45, 2.75) is 37.9 Å². The lowest BCUT2D eigenvalue weighted by atomic mass is 9.90. The number of thiophene rings is 1. The molecule has 0 nitrogen and oxygen atoms in total. The molecule has 0 amide bonds. The Morgan fingerprint density at radius 2 is 2.38 bits per heavy atom. The summed E-state index contributed by atoms with van der Waals surface area (Å²) >= 11 is 5.63. The Morgan fingerprint density at radius 3 is 3.08 bits per heavy atom. The molecule has 1 heterocycles. The highest BCUT2D eigenvalue weighted by atomic mass is 79.9. The van der Waals surface area contributed by atoms with Gasteiger partial charge in [-0.25, -0.2) is 0 Å². The van der Waals surface area contributed by atoms with Crippen molar-refractivity contribution in [2.24, 2.45) is 5.92 Å². The summed E-state index contributed by atoms with van der Waals surface area (Å²) in [5.41, 5.74) is 1.62. The average Bonchev–Trinajstić information content (AvgIpc) is 2.46. The predicted octanol–water partition coefficient (Wildman–Crippen LogP) is 4.33. The maximum atomic E-state index is 3.63. The van der Waals surface area contributed by atoms with E-state index in [0.717, 1.165) is 5.92 Å². The maximum Gasteiger partial charge on any atom is 0.0461 e. The lowest BCUT2D eigenvalue weighted by molar-refractivity contribution is 0.506. The van der Waals surface area contributed by atoms with Crippen molar-refractivity contribution in [3.63, 3.8) is 0 Å². The van der Waals surface area contributed by atoms with Crippen LogP contribution in [0, 0.1) is 5.92 Å². The first kappa shape index (κ1) is 9.72. The van der Waals surface area contributed by atoms with E-state index < -0.39 is 0 Å². The summed E-state index contributed by atoms with van der Waals surface area (Å²) in [5, 5.41) is 0. The van der Waals surface area contributed by atoms with Crippen LogP contribution < -0.4 is 0 Å². The zero-order valence-electron chi connectivity index (χ0n) is 8.14. The molecule has 0 aliphatic heterocycles. The van der Waals surface area contributed by atoms with Crippen molar-refractivity contribution in [2.75, 3.05) is 0 Å². The highest BCUT2D eigenvalue weighted by Crippen LogP contribution is 2.36. The summed E-state index contributed by atoms with van der Waals surface area (Å²) in [4.78, 5) is 3.66. The SMILES string of the molecule is CC1CCc2sc(C(C)Br)cc2C1. The minimum absolute atomic E-state index is 0.526. The first-order chi connectivity index (χ1) is 6.16. The van der Waals surface area contributed by atoms with Gasteiger partial charge >= 0.3 is 0 Å². The zero-order valence-corrected chi connectivity index (χ0v) is 10.5. The van der Waals surface area contributed by atoms with Crippen molar-refractivity contribution >= 4 is 27.3 Å². The third kappa shape index (κ3) is 1.99. The van der Waals surface area contributed by atoms with Gasteiger partial charge in [0.05, 0.1) is 0 Å². The van der Waals surface area contributed by atoms with Crippen LogP contribution in [0.4, 0.5) is 0 Å². The topological polar surface area (TPSA) is 0 Å². The van der Waals surface area contributed by atoms with Gasteiger partial charge in [-0.1, -0.05) is 22.9 Å². The Bertz CT molecular complexity index is 301. The van der Waals surface area contributed by atoms with Crippen LogP contribution in [0.15, 0.2) is 6.07 Å². The van der Waals surface area contributed by atoms with Crippen molar-refractivity contribution in [1.29, 1.82) is 0 Å². The molecule has 2 rings (SSSR count). The number of halogens is 1. The maximum absolute atomic E-state index is 3.63. The fourth-order valence-corrected chi connectivity index (χ4v) is 3.48. The van der Waals surface area contributed by atoms with E-state index >= 15 is 0 Å². The molecule has 0 saturated heterocycles. The predicted molar refractivity (Wildman–Crippen MR) is 62.9 cm³/mol. The first-order valence-corrected chi connectivity index (χ1v) is 6.65. The second kappa shape index (κ2) is 3.74. The molecule has 2 heteroatoms. The molecule has 1 aliphatic carbocycles. The van der Waals surface area contributed by atoms with Gasteiger partial charge in [-0.2, -0.15) is 0 Å². The molecule has 1 aromatic heterocycles. The lowest BCUT2D eigenvalue weighted by Gasteiger charge is -2.17. The van der Waals surface area contributed by atoms with Crippen LogP contribution in [0.2, 0.25) is 0 Å². The smallest absolute Gasteiger partial charge is 0.0461 e. The van der Waals surface area contributed by atoms with Crippen LogP contribution >= 0.6 is 27.3 Å². The third-order valence-corrected chi connectivity index (χ3v) is 4.96. The van der Waals surface area contributed by atoms with E-state index in [9.17, 15) is 0 Å². The fraction of sp³-hybridized carbons (Fsp3) is 0.636.